The van der Waals surface area contributed by atoms with Crippen LogP contribution in [0.4, 0.5) is 5.69 Å². The van der Waals surface area contributed by atoms with Crippen LogP contribution in [0.25, 0.3) is 0 Å². The zero-order valence-corrected chi connectivity index (χ0v) is 9.23. The van der Waals surface area contributed by atoms with Crippen LogP contribution in [0.1, 0.15) is 37.4 Å². The molecule has 0 heterocycles. The Hall–Kier alpha value is -1.35. The molecule has 86 valence electrons. The molecular weight excluding hydrogens is 202 g/mol. The summed E-state index contributed by atoms with van der Waals surface area (Å²) in [5, 5.41) is 10.1. The first kappa shape index (κ1) is 11.1. The number of nitrogen functional groups attached to an aromatic ring is 1. The number of benzene rings is 1. The summed E-state index contributed by atoms with van der Waals surface area (Å²) < 4.78 is 0. The minimum absolute atomic E-state index is 0.190. The van der Waals surface area contributed by atoms with Gasteiger partial charge in [0.1, 0.15) is 5.78 Å². The summed E-state index contributed by atoms with van der Waals surface area (Å²) in [5.74, 6) is -0.0343. The van der Waals surface area contributed by atoms with Gasteiger partial charge in [0, 0.05) is 18.0 Å². The van der Waals surface area contributed by atoms with Crippen molar-refractivity contribution in [1.82, 2.24) is 0 Å². The molecule has 0 radical (unpaired) electrons. The van der Waals surface area contributed by atoms with Gasteiger partial charge >= 0.3 is 0 Å². The van der Waals surface area contributed by atoms with Gasteiger partial charge in [-0.25, -0.2) is 0 Å². The topological polar surface area (TPSA) is 63.3 Å². The van der Waals surface area contributed by atoms with Crippen LogP contribution in [0.3, 0.4) is 0 Å². The van der Waals surface area contributed by atoms with Gasteiger partial charge in [-0.05, 0) is 30.5 Å². The minimum Gasteiger partial charge on any atom is -0.399 e. The lowest BCUT2D eigenvalue weighted by molar-refractivity contribution is -0.128. The van der Waals surface area contributed by atoms with Crippen molar-refractivity contribution in [3.63, 3.8) is 0 Å². The van der Waals surface area contributed by atoms with E-state index in [1.807, 2.05) is 0 Å². The van der Waals surface area contributed by atoms with E-state index in [0.29, 0.717) is 12.1 Å². The van der Waals surface area contributed by atoms with Crippen LogP contribution in [0.5, 0.6) is 0 Å². The van der Waals surface area contributed by atoms with Crippen molar-refractivity contribution >= 4 is 11.5 Å². The Labute approximate surface area is 95.3 Å². The largest absolute Gasteiger partial charge is 0.399 e. The van der Waals surface area contributed by atoms with Gasteiger partial charge in [-0.2, -0.15) is 0 Å². The summed E-state index contributed by atoms with van der Waals surface area (Å²) in [6.45, 7) is 0. The fourth-order valence-electron chi connectivity index (χ4n) is 2.27. The summed E-state index contributed by atoms with van der Waals surface area (Å²) in [5.41, 5.74) is 7.04. The van der Waals surface area contributed by atoms with E-state index in [1.165, 1.54) is 0 Å². The first-order chi connectivity index (χ1) is 7.68. The van der Waals surface area contributed by atoms with Gasteiger partial charge in [0.05, 0.1) is 6.10 Å². The third kappa shape index (κ3) is 2.25. The molecule has 0 amide bonds. The van der Waals surface area contributed by atoms with Crippen molar-refractivity contribution in [2.24, 2.45) is 5.92 Å². The lowest BCUT2D eigenvalue weighted by atomic mass is 9.82. The molecule has 1 aromatic rings. The standard InChI is InChI=1S/C13H17NO2/c14-10-7-5-9(6-8-10)13(16)11-3-1-2-4-12(11)15/h5-8,11,13,16H,1-4,14H2/t11-,13+/m0/s1. The lowest BCUT2D eigenvalue weighted by Gasteiger charge is -2.25. The fraction of sp³-hybridized carbons (Fsp3) is 0.462. The van der Waals surface area contributed by atoms with E-state index in [4.69, 9.17) is 5.73 Å². The van der Waals surface area contributed by atoms with Crippen LogP contribution < -0.4 is 5.73 Å². The number of anilines is 1. The van der Waals surface area contributed by atoms with Crippen molar-refractivity contribution in [3.05, 3.63) is 29.8 Å². The van der Waals surface area contributed by atoms with E-state index in [-0.39, 0.29) is 11.7 Å². The van der Waals surface area contributed by atoms with Crippen molar-refractivity contribution < 1.29 is 9.90 Å². The summed E-state index contributed by atoms with van der Waals surface area (Å²) in [7, 11) is 0. The molecule has 0 spiro atoms. The van der Waals surface area contributed by atoms with Crippen LogP contribution in [-0.4, -0.2) is 10.9 Å². The summed E-state index contributed by atoms with van der Waals surface area (Å²) >= 11 is 0. The molecule has 0 aliphatic heterocycles. The Morgan fingerprint density at radius 2 is 1.94 bits per heavy atom. The molecule has 2 atom stereocenters. The van der Waals surface area contributed by atoms with Gasteiger partial charge in [0.25, 0.3) is 0 Å². The lowest BCUT2D eigenvalue weighted by Crippen LogP contribution is -2.25. The molecule has 1 aliphatic rings. The van der Waals surface area contributed by atoms with Crippen molar-refractivity contribution in [2.75, 3.05) is 5.73 Å². The summed E-state index contributed by atoms with van der Waals surface area (Å²) in [4.78, 5) is 11.7. The van der Waals surface area contributed by atoms with Crippen LogP contribution in [0.2, 0.25) is 0 Å². The quantitative estimate of drug-likeness (QED) is 0.748. The number of aliphatic hydroxyl groups is 1. The van der Waals surface area contributed by atoms with E-state index in [0.717, 1.165) is 24.8 Å². The van der Waals surface area contributed by atoms with Crippen LogP contribution in [-0.2, 0) is 4.79 Å². The molecule has 3 nitrogen and oxygen atoms in total. The molecule has 1 fully saturated rings. The van der Waals surface area contributed by atoms with Crippen molar-refractivity contribution in [1.29, 1.82) is 0 Å². The number of aliphatic hydroxyl groups excluding tert-OH is 1. The third-order valence-electron chi connectivity index (χ3n) is 3.26. The molecule has 16 heavy (non-hydrogen) atoms. The van der Waals surface area contributed by atoms with E-state index in [2.05, 4.69) is 0 Å². The van der Waals surface area contributed by atoms with Crippen LogP contribution in [0, 0.1) is 5.92 Å². The predicted molar refractivity (Wildman–Crippen MR) is 62.8 cm³/mol. The van der Waals surface area contributed by atoms with E-state index in [9.17, 15) is 9.90 Å². The number of hydrogen-bond donors (Lipinski definition) is 2. The van der Waals surface area contributed by atoms with E-state index < -0.39 is 6.10 Å². The van der Waals surface area contributed by atoms with Crippen LogP contribution in [0.15, 0.2) is 24.3 Å². The second kappa shape index (κ2) is 4.66. The maximum atomic E-state index is 11.7. The second-order valence-electron chi connectivity index (χ2n) is 4.43. The highest BCUT2D eigenvalue weighted by Crippen LogP contribution is 2.32. The second-order valence-corrected chi connectivity index (χ2v) is 4.43. The Morgan fingerprint density at radius 3 is 2.56 bits per heavy atom. The van der Waals surface area contributed by atoms with Gasteiger partial charge < -0.3 is 10.8 Å². The monoisotopic (exact) mass is 219 g/mol. The highest BCUT2D eigenvalue weighted by Gasteiger charge is 2.29. The first-order valence-electron chi connectivity index (χ1n) is 5.74. The highest BCUT2D eigenvalue weighted by atomic mass is 16.3. The maximum absolute atomic E-state index is 11.7. The molecule has 1 aliphatic carbocycles. The van der Waals surface area contributed by atoms with E-state index >= 15 is 0 Å². The molecule has 0 bridgehead atoms. The fourth-order valence-corrected chi connectivity index (χ4v) is 2.27. The molecule has 3 N–H and O–H groups in total. The maximum Gasteiger partial charge on any atom is 0.138 e. The molecular formula is C13H17NO2. The number of ketones is 1. The zero-order valence-electron chi connectivity index (χ0n) is 9.23. The molecule has 0 aromatic heterocycles. The molecule has 2 rings (SSSR count). The molecule has 0 saturated heterocycles. The Morgan fingerprint density at radius 1 is 1.25 bits per heavy atom. The Bertz CT molecular complexity index is 372. The number of carbonyl (C=O) groups excluding carboxylic acids is 1. The average Bonchev–Trinajstić information content (AvgIpc) is 2.30. The van der Waals surface area contributed by atoms with Gasteiger partial charge in [-0.1, -0.05) is 18.6 Å². The smallest absolute Gasteiger partial charge is 0.138 e. The first-order valence-corrected chi connectivity index (χ1v) is 5.74. The number of nitrogens with two attached hydrogens (primary N) is 1. The minimum atomic E-state index is -0.673. The van der Waals surface area contributed by atoms with Gasteiger partial charge in [-0.15, -0.1) is 0 Å². The normalized spacial score (nSPS) is 23.1. The molecule has 0 unspecified atom stereocenters. The molecule has 1 saturated carbocycles. The molecule has 3 heteroatoms. The number of Topliss-reactive ketones (excluding diaryl/α,β-unsaturated/α-hetero) is 1. The number of carbonyl (C=O) groups is 1. The van der Waals surface area contributed by atoms with Crippen molar-refractivity contribution in [3.8, 4) is 0 Å². The van der Waals surface area contributed by atoms with Crippen molar-refractivity contribution in [2.45, 2.75) is 31.8 Å². The summed E-state index contributed by atoms with van der Waals surface area (Å²) in [6.07, 6.45) is 2.72. The zero-order chi connectivity index (χ0) is 11.5. The number of rotatable bonds is 2. The SMILES string of the molecule is Nc1ccc([C@@H](O)[C@H]2CCCCC2=O)cc1. The average molecular weight is 219 g/mol. The Balaban J connectivity index is 2.14. The van der Waals surface area contributed by atoms with Crippen LogP contribution >= 0.6 is 0 Å². The van der Waals surface area contributed by atoms with Gasteiger partial charge in [-0.3, -0.25) is 4.79 Å². The predicted octanol–water partition coefficient (Wildman–Crippen LogP) is 2.06. The molecule has 1 aromatic carbocycles. The highest BCUT2D eigenvalue weighted by molar-refractivity contribution is 5.82. The van der Waals surface area contributed by atoms with E-state index in [1.54, 1.807) is 24.3 Å². The number of hydrogen-bond acceptors (Lipinski definition) is 3. The van der Waals surface area contributed by atoms with Gasteiger partial charge in [0.15, 0.2) is 0 Å². The Kier molecular flexibility index (Phi) is 3.25. The summed E-state index contributed by atoms with van der Waals surface area (Å²) in [6, 6.07) is 7.10. The van der Waals surface area contributed by atoms with Gasteiger partial charge in [0.2, 0.25) is 0 Å². The third-order valence-corrected chi connectivity index (χ3v) is 3.26.